The maximum atomic E-state index is 13.9. The molecule has 0 aromatic heterocycles. The number of aliphatic hydroxyl groups excluding tert-OH is 1. The van der Waals surface area contributed by atoms with E-state index in [1.807, 2.05) is 0 Å². The van der Waals surface area contributed by atoms with Gasteiger partial charge in [0, 0.05) is 20.7 Å². The average Bonchev–Trinajstić information content (AvgIpc) is 2.36. The number of rotatable bonds is 6. The first-order valence-electron chi connectivity index (χ1n) is 5.39. The molecular formula is C11H15F2NO4S. The predicted octanol–water partition coefficient (Wildman–Crippen LogP) is 0.724. The van der Waals surface area contributed by atoms with Crippen LogP contribution in [0.4, 0.5) is 8.78 Å². The largest absolute Gasteiger partial charge is 0.391 e. The summed E-state index contributed by atoms with van der Waals surface area (Å²) < 4.78 is 56.8. The van der Waals surface area contributed by atoms with E-state index in [1.54, 1.807) is 0 Å². The lowest BCUT2D eigenvalue weighted by Gasteiger charge is -2.18. The fraction of sp³-hybridized carbons (Fsp3) is 0.455. The quantitative estimate of drug-likeness (QED) is 0.840. The van der Waals surface area contributed by atoms with Gasteiger partial charge in [-0.2, -0.15) is 4.31 Å². The smallest absolute Gasteiger partial charge is 0.245 e. The minimum atomic E-state index is -4.09. The van der Waals surface area contributed by atoms with Crippen molar-refractivity contribution in [3.63, 3.8) is 0 Å². The van der Waals surface area contributed by atoms with Crippen LogP contribution in [0.25, 0.3) is 0 Å². The molecule has 1 rings (SSSR count). The molecule has 0 radical (unpaired) electrons. The number of sulfonamides is 1. The fourth-order valence-corrected chi connectivity index (χ4v) is 2.67. The topological polar surface area (TPSA) is 66.8 Å². The highest BCUT2D eigenvalue weighted by Gasteiger charge is 2.27. The average molecular weight is 295 g/mol. The molecule has 0 aliphatic heterocycles. The molecule has 108 valence electrons. The first kappa shape index (κ1) is 16.0. The van der Waals surface area contributed by atoms with Crippen molar-refractivity contribution in [2.75, 3.05) is 27.3 Å². The second-order valence-electron chi connectivity index (χ2n) is 3.82. The zero-order chi connectivity index (χ0) is 14.6. The molecule has 0 spiro atoms. The Morgan fingerprint density at radius 2 is 2.00 bits per heavy atom. The molecule has 8 heteroatoms. The summed E-state index contributed by atoms with van der Waals surface area (Å²) in [5, 5.41) is 8.86. The normalized spacial score (nSPS) is 12.1. The van der Waals surface area contributed by atoms with Crippen molar-refractivity contribution in [2.24, 2.45) is 0 Å². The summed E-state index contributed by atoms with van der Waals surface area (Å²) in [5.74, 6) is -2.26. The maximum Gasteiger partial charge on any atom is 0.245 e. The Balaban J connectivity index is 3.22. The minimum absolute atomic E-state index is 0.0319. The Bertz CT molecular complexity index is 548. The third-order valence-electron chi connectivity index (χ3n) is 2.61. The van der Waals surface area contributed by atoms with Gasteiger partial charge in [-0.25, -0.2) is 17.2 Å². The molecule has 0 bridgehead atoms. The van der Waals surface area contributed by atoms with Crippen molar-refractivity contribution < 1.29 is 27.0 Å². The number of benzene rings is 1. The molecule has 0 atom stereocenters. The van der Waals surface area contributed by atoms with Gasteiger partial charge in [-0.05, 0) is 12.1 Å². The van der Waals surface area contributed by atoms with E-state index >= 15 is 0 Å². The van der Waals surface area contributed by atoms with Gasteiger partial charge in [-0.15, -0.1) is 0 Å². The van der Waals surface area contributed by atoms with Crippen LogP contribution in [-0.4, -0.2) is 45.1 Å². The molecule has 0 aliphatic rings. The number of halogens is 2. The molecule has 0 amide bonds. The lowest BCUT2D eigenvalue weighted by molar-refractivity contribution is 0.185. The Hall–Kier alpha value is -1.09. The van der Waals surface area contributed by atoms with E-state index in [0.717, 1.165) is 16.4 Å². The van der Waals surface area contributed by atoms with Crippen LogP contribution in [0, 0.1) is 11.6 Å². The molecule has 0 heterocycles. The lowest BCUT2D eigenvalue weighted by atomic mass is 10.2. The summed E-state index contributed by atoms with van der Waals surface area (Å²) in [6.45, 7) is -0.738. The zero-order valence-electron chi connectivity index (χ0n) is 10.6. The summed E-state index contributed by atoms with van der Waals surface area (Å²) in [5.41, 5.74) is -0.666. The third-order valence-corrected chi connectivity index (χ3v) is 4.48. The number of hydrogen-bond donors (Lipinski definition) is 1. The highest BCUT2D eigenvalue weighted by atomic mass is 32.2. The molecule has 5 nitrogen and oxygen atoms in total. The Kier molecular flexibility index (Phi) is 5.36. The van der Waals surface area contributed by atoms with Crippen LogP contribution in [0.5, 0.6) is 0 Å². The summed E-state index contributed by atoms with van der Waals surface area (Å²) >= 11 is 0. The second-order valence-corrected chi connectivity index (χ2v) is 5.83. The Morgan fingerprint density at radius 3 is 2.53 bits per heavy atom. The van der Waals surface area contributed by atoms with Gasteiger partial charge < -0.3 is 9.84 Å². The molecular weight excluding hydrogens is 280 g/mol. The van der Waals surface area contributed by atoms with Crippen molar-refractivity contribution in [1.29, 1.82) is 0 Å². The number of likely N-dealkylation sites (N-methyl/N-ethyl adjacent to an activating group) is 1. The minimum Gasteiger partial charge on any atom is -0.391 e. The monoisotopic (exact) mass is 295 g/mol. The maximum absolute atomic E-state index is 13.9. The molecule has 0 aliphatic carbocycles. The van der Waals surface area contributed by atoms with Crippen LogP contribution < -0.4 is 0 Å². The highest BCUT2D eigenvalue weighted by Crippen LogP contribution is 2.23. The molecule has 0 fully saturated rings. The predicted molar refractivity (Wildman–Crippen MR) is 64.0 cm³/mol. The van der Waals surface area contributed by atoms with Gasteiger partial charge in [0.1, 0.15) is 10.7 Å². The lowest BCUT2D eigenvalue weighted by Crippen LogP contribution is -2.31. The van der Waals surface area contributed by atoms with Crippen molar-refractivity contribution in [3.8, 4) is 0 Å². The van der Waals surface area contributed by atoms with Gasteiger partial charge in [0.25, 0.3) is 0 Å². The van der Waals surface area contributed by atoms with E-state index in [2.05, 4.69) is 0 Å². The highest BCUT2D eigenvalue weighted by molar-refractivity contribution is 7.89. The standard InChI is InChI=1S/C11H15F2NO4S/c1-14(5-6-18-2)19(16,17)10-4-3-9(12)8(7-15)11(10)13/h3-4,15H,5-7H2,1-2H3. The van der Waals surface area contributed by atoms with Gasteiger partial charge in [-0.1, -0.05) is 0 Å². The van der Waals surface area contributed by atoms with Crippen molar-refractivity contribution >= 4 is 10.0 Å². The van der Waals surface area contributed by atoms with E-state index in [4.69, 9.17) is 9.84 Å². The number of hydrogen-bond acceptors (Lipinski definition) is 4. The summed E-state index contributed by atoms with van der Waals surface area (Å²) in [7, 11) is -1.43. The van der Waals surface area contributed by atoms with Gasteiger partial charge in [0.05, 0.1) is 18.8 Å². The van der Waals surface area contributed by atoms with E-state index in [9.17, 15) is 17.2 Å². The molecule has 1 N–H and O–H groups in total. The van der Waals surface area contributed by atoms with Crippen molar-refractivity contribution in [3.05, 3.63) is 29.3 Å². The van der Waals surface area contributed by atoms with Crippen molar-refractivity contribution in [2.45, 2.75) is 11.5 Å². The molecule has 19 heavy (non-hydrogen) atoms. The summed E-state index contributed by atoms with van der Waals surface area (Å²) in [6.07, 6.45) is 0. The first-order valence-corrected chi connectivity index (χ1v) is 6.83. The molecule has 0 saturated heterocycles. The van der Waals surface area contributed by atoms with Crippen LogP contribution in [0.1, 0.15) is 5.56 Å². The number of methoxy groups -OCH3 is 1. The van der Waals surface area contributed by atoms with Gasteiger partial charge >= 0.3 is 0 Å². The van der Waals surface area contributed by atoms with Crippen molar-refractivity contribution in [1.82, 2.24) is 4.31 Å². The molecule has 1 aromatic carbocycles. The second kappa shape index (κ2) is 6.38. The summed E-state index contributed by atoms with van der Waals surface area (Å²) in [4.78, 5) is -0.670. The molecule has 0 unspecified atom stereocenters. The van der Waals surface area contributed by atoms with E-state index in [0.29, 0.717) is 0 Å². The van der Waals surface area contributed by atoms with E-state index < -0.39 is 38.7 Å². The summed E-state index contributed by atoms with van der Waals surface area (Å²) in [6, 6.07) is 1.65. The van der Waals surface area contributed by atoms with Crippen LogP contribution in [0.3, 0.4) is 0 Å². The van der Waals surface area contributed by atoms with Crippen LogP contribution >= 0.6 is 0 Å². The Morgan fingerprint density at radius 1 is 1.37 bits per heavy atom. The first-order chi connectivity index (χ1) is 8.86. The zero-order valence-corrected chi connectivity index (χ0v) is 11.4. The molecule has 1 aromatic rings. The van der Waals surface area contributed by atoms with Crippen LogP contribution in [0.2, 0.25) is 0 Å². The number of aliphatic hydroxyl groups is 1. The van der Waals surface area contributed by atoms with Crippen LogP contribution in [0.15, 0.2) is 17.0 Å². The van der Waals surface area contributed by atoms with E-state index in [1.165, 1.54) is 14.2 Å². The fourth-order valence-electron chi connectivity index (χ4n) is 1.43. The SMILES string of the molecule is COCCN(C)S(=O)(=O)c1ccc(F)c(CO)c1F. The van der Waals surface area contributed by atoms with E-state index in [-0.39, 0.29) is 13.2 Å². The van der Waals surface area contributed by atoms with Crippen LogP contribution in [-0.2, 0) is 21.4 Å². The number of nitrogens with zero attached hydrogens (tertiary/aromatic N) is 1. The van der Waals surface area contributed by atoms with Gasteiger partial charge in [0.15, 0.2) is 5.82 Å². The van der Waals surface area contributed by atoms with Gasteiger partial charge in [0.2, 0.25) is 10.0 Å². The molecule has 0 saturated carbocycles. The third kappa shape index (κ3) is 3.27. The number of ether oxygens (including phenoxy) is 1. The Labute approximate surface area is 110 Å². The van der Waals surface area contributed by atoms with Gasteiger partial charge in [-0.3, -0.25) is 0 Å².